The van der Waals surface area contributed by atoms with E-state index in [0.29, 0.717) is 13.0 Å². The lowest BCUT2D eigenvalue weighted by Crippen LogP contribution is -2.37. The number of carbonyl (C=O) groups is 1. The van der Waals surface area contributed by atoms with E-state index in [-0.39, 0.29) is 5.41 Å². The second-order valence-electron chi connectivity index (χ2n) is 6.17. The Bertz CT molecular complexity index is 424. The zero-order valence-electron chi connectivity index (χ0n) is 12.2. The number of carboxylic acid groups (broad SMARTS) is 1. The van der Waals surface area contributed by atoms with Gasteiger partial charge in [-0.25, -0.2) is 0 Å². The van der Waals surface area contributed by atoms with Crippen molar-refractivity contribution in [3.63, 3.8) is 0 Å². The second kappa shape index (κ2) is 6.66. The lowest BCUT2D eigenvalue weighted by Gasteiger charge is -2.22. The van der Waals surface area contributed by atoms with E-state index in [1.165, 1.54) is 0 Å². The first-order valence-electron chi connectivity index (χ1n) is 6.65. The van der Waals surface area contributed by atoms with Gasteiger partial charge >= 0.3 is 5.97 Å². The van der Waals surface area contributed by atoms with Crippen LogP contribution in [0.15, 0.2) is 18.5 Å². The number of aromatic nitrogens is 1. The van der Waals surface area contributed by atoms with Crippen molar-refractivity contribution >= 4 is 5.97 Å². The molecule has 0 aliphatic carbocycles. The topological polar surface area (TPSA) is 62.2 Å². The molecule has 0 amide bonds. The van der Waals surface area contributed by atoms with Crippen LogP contribution < -0.4 is 5.32 Å². The van der Waals surface area contributed by atoms with E-state index in [9.17, 15) is 9.90 Å². The van der Waals surface area contributed by atoms with Gasteiger partial charge in [0.15, 0.2) is 0 Å². The first kappa shape index (κ1) is 15.6. The highest BCUT2D eigenvalue weighted by Gasteiger charge is 2.20. The van der Waals surface area contributed by atoms with Crippen molar-refractivity contribution in [3.8, 4) is 0 Å². The molecule has 106 valence electrons. The minimum absolute atomic E-state index is 0.155. The van der Waals surface area contributed by atoms with Crippen LogP contribution in [0.4, 0.5) is 0 Å². The van der Waals surface area contributed by atoms with Crippen molar-refractivity contribution in [1.82, 2.24) is 10.3 Å². The molecule has 0 aliphatic rings. The van der Waals surface area contributed by atoms with Gasteiger partial charge in [0.25, 0.3) is 0 Å². The summed E-state index contributed by atoms with van der Waals surface area (Å²) in [6, 6.07) is 1.43. The summed E-state index contributed by atoms with van der Waals surface area (Å²) in [6.07, 6.45) is 5.05. The maximum Gasteiger partial charge on any atom is 0.320 e. The smallest absolute Gasteiger partial charge is 0.320 e. The summed E-state index contributed by atoms with van der Waals surface area (Å²) >= 11 is 0. The minimum atomic E-state index is -0.782. The molecule has 1 atom stereocenters. The summed E-state index contributed by atoms with van der Waals surface area (Å²) in [5, 5.41) is 12.4. The van der Waals surface area contributed by atoms with Gasteiger partial charge in [-0.3, -0.25) is 9.78 Å². The van der Waals surface area contributed by atoms with Gasteiger partial charge in [0.2, 0.25) is 0 Å². The van der Waals surface area contributed by atoms with E-state index in [1.807, 2.05) is 13.0 Å². The largest absolute Gasteiger partial charge is 0.480 e. The molecule has 1 heterocycles. The summed E-state index contributed by atoms with van der Waals surface area (Å²) in [5.41, 5.74) is 2.33. The van der Waals surface area contributed by atoms with Crippen LogP contribution >= 0.6 is 0 Å². The molecule has 0 spiro atoms. The van der Waals surface area contributed by atoms with E-state index in [4.69, 9.17) is 0 Å². The van der Waals surface area contributed by atoms with Crippen LogP contribution in [0.2, 0.25) is 0 Å². The molecule has 0 saturated carbocycles. The molecule has 1 aromatic rings. The fraction of sp³-hybridized carbons (Fsp3) is 0.600. The Labute approximate surface area is 115 Å². The third-order valence-corrected chi connectivity index (χ3v) is 3.16. The van der Waals surface area contributed by atoms with Crippen LogP contribution in [0, 0.1) is 12.3 Å². The van der Waals surface area contributed by atoms with Gasteiger partial charge < -0.3 is 10.4 Å². The monoisotopic (exact) mass is 264 g/mol. The average Bonchev–Trinajstić information content (AvgIpc) is 2.29. The van der Waals surface area contributed by atoms with E-state index >= 15 is 0 Å². The first-order valence-corrected chi connectivity index (χ1v) is 6.65. The fourth-order valence-corrected chi connectivity index (χ4v) is 1.82. The third kappa shape index (κ3) is 5.83. The molecule has 0 fully saturated rings. The van der Waals surface area contributed by atoms with Crippen molar-refractivity contribution in [2.45, 2.75) is 53.1 Å². The normalized spacial score (nSPS) is 13.3. The van der Waals surface area contributed by atoms with Crippen molar-refractivity contribution in [3.05, 3.63) is 29.6 Å². The van der Waals surface area contributed by atoms with Gasteiger partial charge in [-0.15, -0.1) is 0 Å². The molecule has 19 heavy (non-hydrogen) atoms. The summed E-state index contributed by atoms with van der Waals surface area (Å²) in [4.78, 5) is 15.3. The number of nitrogens with zero attached hydrogens (tertiary/aromatic N) is 1. The second-order valence-corrected chi connectivity index (χ2v) is 6.17. The Balaban J connectivity index is 2.55. The van der Waals surface area contributed by atoms with E-state index in [0.717, 1.165) is 17.5 Å². The number of carboxylic acids is 1. The number of aliphatic carboxylic acids is 1. The summed E-state index contributed by atoms with van der Waals surface area (Å²) in [5.74, 6) is -0.782. The van der Waals surface area contributed by atoms with Gasteiger partial charge in [0, 0.05) is 18.9 Å². The highest BCUT2D eigenvalue weighted by molar-refractivity contribution is 5.73. The fourth-order valence-electron chi connectivity index (χ4n) is 1.82. The molecule has 0 radical (unpaired) electrons. The molecule has 2 N–H and O–H groups in total. The molecule has 4 heteroatoms. The molecule has 0 aromatic carbocycles. The predicted octanol–water partition coefficient (Wildman–Crippen LogP) is 2.76. The standard InChI is InChI=1S/C15H24N2O2/c1-11-9-16-8-6-12(11)10-17-13(14(18)19)5-7-15(2,3)4/h6,8-9,13,17H,5,7,10H2,1-4H3,(H,18,19). The molecule has 1 unspecified atom stereocenters. The van der Waals surface area contributed by atoms with Crippen LogP contribution in [0.5, 0.6) is 0 Å². The number of hydrogen-bond acceptors (Lipinski definition) is 3. The molecule has 0 bridgehead atoms. The van der Waals surface area contributed by atoms with Crippen molar-refractivity contribution in [1.29, 1.82) is 0 Å². The number of hydrogen-bond donors (Lipinski definition) is 2. The minimum Gasteiger partial charge on any atom is -0.480 e. The molecule has 4 nitrogen and oxygen atoms in total. The number of aryl methyl sites for hydroxylation is 1. The maximum absolute atomic E-state index is 11.2. The number of rotatable bonds is 6. The first-order chi connectivity index (χ1) is 8.79. The van der Waals surface area contributed by atoms with Gasteiger partial charge in [0.05, 0.1) is 0 Å². The Kier molecular flexibility index (Phi) is 5.48. The highest BCUT2D eigenvalue weighted by atomic mass is 16.4. The summed E-state index contributed by atoms with van der Waals surface area (Å²) in [7, 11) is 0. The zero-order chi connectivity index (χ0) is 14.5. The Morgan fingerprint density at radius 1 is 1.47 bits per heavy atom. The van der Waals surface area contributed by atoms with Crippen LogP contribution in [0.3, 0.4) is 0 Å². The van der Waals surface area contributed by atoms with Crippen molar-refractivity contribution in [2.75, 3.05) is 0 Å². The van der Waals surface area contributed by atoms with Gasteiger partial charge in [-0.2, -0.15) is 0 Å². The quantitative estimate of drug-likeness (QED) is 0.829. The predicted molar refractivity (Wildman–Crippen MR) is 75.9 cm³/mol. The summed E-state index contributed by atoms with van der Waals surface area (Å²) in [6.45, 7) is 8.92. The van der Waals surface area contributed by atoms with E-state index in [1.54, 1.807) is 12.4 Å². The highest BCUT2D eigenvalue weighted by Crippen LogP contribution is 2.21. The van der Waals surface area contributed by atoms with Crippen molar-refractivity contribution < 1.29 is 9.90 Å². The van der Waals surface area contributed by atoms with Crippen molar-refractivity contribution in [2.24, 2.45) is 5.41 Å². The lowest BCUT2D eigenvalue weighted by molar-refractivity contribution is -0.139. The zero-order valence-corrected chi connectivity index (χ0v) is 12.2. The lowest BCUT2D eigenvalue weighted by atomic mass is 9.88. The van der Waals surface area contributed by atoms with Gasteiger partial charge in [-0.05, 0) is 42.4 Å². The number of pyridine rings is 1. The van der Waals surface area contributed by atoms with E-state index in [2.05, 4.69) is 31.1 Å². The van der Waals surface area contributed by atoms with Crippen LogP contribution in [0.1, 0.15) is 44.7 Å². The van der Waals surface area contributed by atoms with Gasteiger partial charge in [-0.1, -0.05) is 20.8 Å². The molecule has 0 saturated heterocycles. The number of nitrogens with one attached hydrogen (secondary N) is 1. The Morgan fingerprint density at radius 3 is 2.68 bits per heavy atom. The average molecular weight is 264 g/mol. The summed E-state index contributed by atoms with van der Waals surface area (Å²) < 4.78 is 0. The molecular formula is C15H24N2O2. The Hall–Kier alpha value is -1.42. The van der Waals surface area contributed by atoms with E-state index < -0.39 is 12.0 Å². The molecule has 1 aromatic heterocycles. The van der Waals surface area contributed by atoms with Crippen LogP contribution in [-0.4, -0.2) is 22.1 Å². The van der Waals surface area contributed by atoms with Crippen LogP contribution in [-0.2, 0) is 11.3 Å². The maximum atomic E-state index is 11.2. The SMILES string of the molecule is Cc1cnccc1CNC(CCC(C)(C)C)C(=O)O. The molecule has 0 aliphatic heterocycles. The van der Waals surface area contributed by atoms with Gasteiger partial charge in [0.1, 0.15) is 6.04 Å². The molecular weight excluding hydrogens is 240 g/mol. The molecule has 1 rings (SSSR count). The Morgan fingerprint density at radius 2 is 2.16 bits per heavy atom. The third-order valence-electron chi connectivity index (χ3n) is 3.16. The van der Waals surface area contributed by atoms with Crippen LogP contribution in [0.25, 0.3) is 0 Å².